The van der Waals surface area contributed by atoms with Crippen LogP contribution in [0.4, 0.5) is 0 Å². The van der Waals surface area contributed by atoms with Crippen LogP contribution in [0.2, 0.25) is 0 Å². The smallest absolute Gasteiger partial charge is 0.163 e. The summed E-state index contributed by atoms with van der Waals surface area (Å²) in [5, 5.41) is 9.45. The minimum absolute atomic E-state index is 0.135. The molecule has 1 N–H and O–H groups in total. The van der Waals surface area contributed by atoms with E-state index in [4.69, 9.17) is 4.74 Å². The average Bonchev–Trinajstić information content (AvgIpc) is 2.49. The minimum Gasteiger partial charge on any atom is -0.497 e. The predicted octanol–water partition coefficient (Wildman–Crippen LogP) is 2.11. The second kappa shape index (κ2) is 7.41. The number of ketones is 1. The molecular formula is C16H23NO3. The summed E-state index contributed by atoms with van der Waals surface area (Å²) in [6.07, 6.45) is 3.00. The lowest BCUT2D eigenvalue weighted by Crippen LogP contribution is -2.36. The van der Waals surface area contributed by atoms with Gasteiger partial charge in [0.25, 0.3) is 0 Å². The van der Waals surface area contributed by atoms with E-state index < -0.39 is 0 Å². The molecule has 0 spiro atoms. The number of carbonyl (C=O) groups is 1. The van der Waals surface area contributed by atoms with Crippen LogP contribution in [-0.2, 0) is 0 Å². The first-order valence-electron chi connectivity index (χ1n) is 7.26. The Hall–Kier alpha value is -1.39. The number of benzene rings is 1. The van der Waals surface area contributed by atoms with Gasteiger partial charge in [0.2, 0.25) is 0 Å². The summed E-state index contributed by atoms with van der Waals surface area (Å²) in [7, 11) is 1.61. The van der Waals surface area contributed by atoms with Crippen LogP contribution in [0.3, 0.4) is 0 Å². The van der Waals surface area contributed by atoms with Gasteiger partial charge in [0, 0.05) is 25.1 Å². The standard InChI is InChI=1S/C16H23NO3/c1-20-15-5-2-4-13(12-15)16(19)6-3-9-17-10-7-14(18)8-11-17/h2,4-5,12,14,18H,3,6-11H2,1H3. The Morgan fingerprint density at radius 1 is 1.40 bits per heavy atom. The lowest BCUT2D eigenvalue weighted by atomic mass is 10.0. The molecule has 1 heterocycles. The van der Waals surface area contributed by atoms with E-state index in [1.807, 2.05) is 18.2 Å². The summed E-state index contributed by atoms with van der Waals surface area (Å²) in [5.74, 6) is 0.891. The van der Waals surface area contributed by atoms with Crippen LogP contribution < -0.4 is 4.74 Å². The lowest BCUT2D eigenvalue weighted by Gasteiger charge is -2.29. The fourth-order valence-electron chi connectivity index (χ4n) is 2.55. The van der Waals surface area contributed by atoms with E-state index in [0.29, 0.717) is 6.42 Å². The second-order valence-corrected chi connectivity index (χ2v) is 5.33. The molecule has 0 saturated carbocycles. The largest absolute Gasteiger partial charge is 0.497 e. The minimum atomic E-state index is -0.135. The Morgan fingerprint density at radius 2 is 2.15 bits per heavy atom. The summed E-state index contributed by atoms with van der Waals surface area (Å²) in [5.41, 5.74) is 0.721. The monoisotopic (exact) mass is 277 g/mol. The molecule has 0 radical (unpaired) electrons. The highest BCUT2D eigenvalue weighted by atomic mass is 16.5. The van der Waals surface area contributed by atoms with Crippen LogP contribution in [0.1, 0.15) is 36.0 Å². The predicted molar refractivity (Wildman–Crippen MR) is 78.2 cm³/mol. The zero-order valence-electron chi connectivity index (χ0n) is 12.0. The maximum atomic E-state index is 12.1. The van der Waals surface area contributed by atoms with Crippen molar-refractivity contribution in [2.24, 2.45) is 0 Å². The molecule has 2 rings (SSSR count). The van der Waals surface area contributed by atoms with Crippen LogP contribution in [0.25, 0.3) is 0 Å². The third-order valence-corrected chi connectivity index (χ3v) is 3.83. The van der Waals surface area contributed by atoms with Gasteiger partial charge in [0.1, 0.15) is 5.75 Å². The van der Waals surface area contributed by atoms with Gasteiger partial charge >= 0.3 is 0 Å². The number of carbonyl (C=O) groups excluding carboxylic acids is 1. The maximum Gasteiger partial charge on any atom is 0.163 e. The molecule has 1 saturated heterocycles. The molecule has 1 aromatic rings. The summed E-state index contributed by atoms with van der Waals surface area (Å²) in [6, 6.07) is 7.32. The van der Waals surface area contributed by atoms with Gasteiger partial charge in [-0.25, -0.2) is 0 Å². The number of hydrogen-bond acceptors (Lipinski definition) is 4. The van der Waals surface area contributed by atoms with Crippen molar-refractivity contribution in [2.45, 2.75) is 31.8 Å². The molecule has 0 aliphatic carbocycles. The molecule has 0 unspecified atom stereocenters. The number of likely N-dealkylation sites (tertiary alicyclic amines) is 1. The summed E-state index contributed by atoms with van der Waals surface area (Å²) < 4.78 is 5.13. The number of nitrogens with zero attached hydrogens (tertiary/aromatic N) is 1. The van der Waals surface area contributed by atoms with Crippen molar-refractivity contribution < 1.29 is 14.6 Å². The number of methoxy groups -OCH3 is 1. The SMILES string of the molecule is COc1cccc(C(=O)CCCN2CCC(O)CC2)c1. The van der Waals surface area contributed by atoms with Gasteiger partial charge in [-0.2, -0.15) is 0 Å². The Balaban J connectivity index is 1.74. The molecule has 1 aliphatic rings. The topological polar surface area (TPSA) is 49.8 Å². The number of aliphatic hydroxyl groups is 1. The normalized spacial score (nSPS) is 17.1. The number of hydrogen-bond donors (Lipinski definition) is 1. The van der Waals surface area contributed by atoms with E-state index in [0.717, 1.165) is 50.2 Å². The lowest BCUT2D eigenvalue weighted by molar-refractivity contribution is 0.0800. The first-order chi connectivity index (χ1) is 9.69. The number of rotatable bonds is 6. The van der Waals surface area contributed by atoms with Crippen molar-refractivity contribution >= 4 is 5.78 Å². The van der Waals surface area contributed by atoms with E-state index in [1.165, 1.54) is 0 Å². The van der Waals surface area contributed by atoms with Crippen molar-refractivity contribution in [3.8, 4) is 5.75 Å². The van der Waals surface area contributed by atoms with E-state index >= 15 is 0 Å². The molecule has 0 amide bonds. The maximum absolute atomic E-state index is 12.1. The third kappa shape index (κ3) is 4.32. The van der Waals surface area contributed by atoms with Crippen molar-refractivity contribution in [1.82, 2.24) is 4.90 Å². The van der Waals surface area contributed by atoms with Crippen molar-refractivity contribution in [1.29, 1.82) is 0 Å². The Labute approximate surface area is 120 Å². The van der Waals surface area contributed by atoms with Gasteiger partial charge in [0.05, 0.1) is 13.2 Å². The first-order valence-corrected chi connectivity index (χ1v) is 7.26. The average molecular weight is 277 g/mol. The molecule has 0 aromatic heterocycles. The highest BCUT2D eigenvalue weighted by molar-refractivity contribution is 5.96. The Kier molecular flexibility index (Phi) is 5.56. The van der Waals surface area contributed by atoms with E-state index in [-0.39, 0.29) is 11.9 Å². The fraction of sp³-hybridized carbons (Fsp3) is 0.562. The van der Waals surface area contributed by atoms with Gasteiger partial charge in [-0.05, 0) is 37.9 Å². The van der Waals surface area contributed by atoms with Crippen LogP contribution >= 0.6 is 0 Å². The van der Waals surface area contributed by atoms with Gasteiger partial charge in [-0.1, -0.05) is 12.1 Å². The van der Waals surface area contributed by atoms with Crippen LogP contribution in [-0.4, -0.2) is 48.6 Å². The van der Waals surface area contributed by atoms with Gasteiger partial charge in [-0.15, -0.1) is 0 Å². The molecule has 4 nitrogen and oxygen atoms in total. The molecule has 1 fully saturated rings. The molecule has 0 atom stereocenters. The number of ether oxygens (including phenoxy) is 1. The number of piperidine rings is 1. The van der Waals surface area contributed by atoms with E-state index in [2.05, 4.69) is 4.90 Å². The quantitative estimate of drug-likeness (QED) is 0.809. The highest BCUT2D eigenvalue weighted by Crippen LogP contribution is 2.15. The second-order valence-electron chi connectivity index (χ2n) is 5.33. The van der Waals surface area contributed by atoms with Crippen molar-refractivity contribution in [3.63, 3.8) is 0 Å². The molecule has 20 heavy (non-hydrogen) atoms. The van der Waals surface area contributed by atoms with Gasteiger partial charge in [-0.3, -0.25) is 4.79 Å². The van der Waals surface area contributed by atoms with Gasteiger partial charge in [0.15, 0.2) is 5.78 Å². The van der Waals surface area contributed by atoms with Gasteiger partial charge < -0.3 is 14.7 Å². The zero-order chi connectivity index (χ0) is 14.4. The third-order valence-electron chi connectivity index (χ3n) is 3.83. The highest BCUT2D eigenvalue weighted by Gasteiger charge is 2.16. The van der Waals surface area contributed by atoms with E-state index in [9.17, 15) is 9.90 Å². The molecule has 110 valence electrons. The van der Waals surface area contributed by atoms with Crippen LogP contribution in [0.5, 0.6) is 5.75 Å². The van der Waals surface area contributed by atoms with E-state index in [1.54, 1.807) is 13.2 Å². The first kappa shape index (κ1) is 15.0. The summed E-state index contributed by atoms with van der Waals surface area (Å²) in [4.78, 5) is 14.4. The number of Topliss-reactive ketones (excluding diaryl/α,β-unsaturated/α-hetero) is 1. The zero-order valence-corrected chi connectivity index (χ0v) is 12.0. The number of aliphatic hydroxyl groups excluding tert-OH is 1. The van der Waals surface area contributed by atoms with Crippen LogP contribution in [0, 0.1) is 0 Å². The van der Waals surface area contributed by atoms with Crippen molar-refractivity contribution in [3.05, 3.63) is 29.8 Å². The fourth-order valence-corrected chi connectivity index (χ4v) is 2.55. The van der Waals surface area contributed by atoms with Crippen molar-refractivity contribution in [2.75, 3.05) is 26.7 Å². The Bertz CT molecular complexity index is 439. The summed E-state index contributed by atoms with van der Waals surface area (Å²) in [6.45, 7) is 2.81. The molecular weight excluding hydrogens is 254 g/mol. The molecule has 0 bridgehead atoms. The molecule has 1 aromatic carbocycles. The Morgan fingerprint density at radius 3 is 2.85 bits per heavy atom. The summed E-state index contributed by atoms with van der Waals surface area (Å²) >= 11 is 0. The molecule has 4 heteroatoms. The van der Waals surface area contributed by atoms with Crippen LogP contribution in [0.15, 0.2) is 24.3 Å². The molecule has 1 aliphatic heterocycles.